The summed E-state index contributed by atoms with van der Waals surface area (Å²) in [6.07, 6.45) is 3.39. The number of aromatic nitrogens is 2. The SMILES string of the molecule is Cc1cc2occn2n1. The van der Waals surface area contributed by atoms with E-state index in [-0.39, 0.29) is 0 Å². The van der Waals surface area contributed by atoms with Gasteiger partial charge in [0.1, 0.15) is 6.26 Å². The molecular weight excluding hydrogens is 116 g/mol. The molecule has 0 aliphatic heterocycles. The highest BCUT2D eigenvalue weighted by Gasteiger charge is 1.96. The number of hydrogen-bond acceptors (Lipinski definition) is 2. The fourth-order valence-corrected chi connectivity index (χ4v) is 0.846. The van der Waals surface area contributed by atoms with Crippen molar-refractivity contribution >= 4 is 5.71 Å². The van der Waals surface area contributed by atoms with Crippen molar-refractivity contribution in [1.82, 2.24) is 9.61 Å². The van der Waals surface area contributed by atoms with Crippen molar-refractivity contribution in [2.45, 2.75) is 6.92 Å². The highest BCUT2D eigenvalue weighted by atomic mass is 16.3. The zero-order valence-electron chi connectivity index (χ0n) is 5.03. The molecular formula is C6H6N2O. The molecule has 0 saturated heterocycles. The first-order chi connectivity index (χ1) is 4.36. The number of oxazole rings is 1. The Bertz CT molecular complexity index is 292. The van der Waals surface area contributed by atoms with Gasteiger partial charge in [0.15, 0.2) is 0 Å². The van der Waals surface area contributed by atoms with E-state index in [1.807, 2.05) is 13.0 Å². The molecule has 0 aliphatic rings. The van der Waals surface area contributed by atoms with Crippen LogP contribution in [0.3, 0.4) is 0 Å². The van der Waals surface area contributed by atoms with Gasteiger partial charge >= 0.3 is 0 Å². The highest BCUT2D eigenvalue weighted by molar-refractivity contribution is 5.33. The molecule has 2 aromatic heterocycles. The second kappa shape index (κ2) is 1.37. The average Bonchev–Trinajstić information content (AvgIpc) is 2.22. The fraction of sp³-hybridized carbons (Fsp3) is 0.167. The van der Waals surface area contributed by atoms with Gasteiger partial charge in [0.25, 0.3) is 0 Å². The van der Waals surface area contributed by atoms with Crippen molar-refractivity contribution in [1.29, 1.82) is 0 Å². The summed E-state index contributed by atoms with van der Waals surface area (Å²) >= 11 is 0. The van der Waals surface area contributed by atoms with E-state index in [0.29, 0.717) is 0 Å². The lowest BCUT2D eigenvalue weighted by molar-refractivity contribution is 0.606. The summed E-state index contributed by atoms with van der Waals surface area (Å²) in [5.41, 5.74) is 1.78. The van der Waals surface area contributed by atoms with Crippen LogP contribution in [-0.2, 0) is 0 Å². The van der Waals surface area contributed by atoms with Crippen LogP contribution in [0.2, 0.25) is 0 Å². The molecule has 9 heavy (non-hydrogen) atoms. The lowest BCUT2D eigenvalue weighted by Crippen LogP contribution is -1.77. The Hall–Kier alpha value is -1.25. The summed E-state index contributed by atoms with van der Waals surface area (Å²) < 4.78 is 6.74. The van der Waals surface area contributed by atoms with Crippen LogP contribution in [0.1, 0.15) is 5.69 Å². The van der Waals surface area contributed by atoms with Gasteiger partial charge in [-0.1, -0.05) is 0 Å². The molecule has 0 atom stereocenters. The lowest BCUT2D eigenvalue weighted by Gasteiger charge is -1.72. The maximum atomic E-state index is 5.04. The average molecular weight is 122 g/mol. The first-order valence-electron chi connectivity index (χ1n) is 2.76. The summed E-state index contributed by atoms with van der Waals surface area (Å²) in [6, 6.07) is 1.89. The Labute approximate surface area is 51.9 Å². The van der Waals surface area contributed by atoms with Crippen LogP contribution in [0.4, 0.5) is 0 Å². The lowest BCUT2D eigenvalue weighted by atomic mass is 10.5. The van der Waals surface area contributed by atoms with Crippen LogP contribution in [0.15, 0.2) is 22.9 Å². The van der Waals surface area contributed by atoms with Crippen LogP contribution in [0.25, 0.3) is 5.71 Å². The largest absolute Gasteiger partial charge is 0.445 e. The van der Waals surface area contributed by atoms with Gasteiger partial charge in [0.2, 0.25) is 5.71 Å². The number of hydrogen-bond donors (Lipinski definition) is 0. The Kier molecular flexibility index (Phi) is 0.704. The van der Waals surface area contributed by atoms with E-state index < -0.39 is 0 Å². The second-order valence-corrected chi connectivity index (χ2v) is 1.97. The molecule has 2 aromatic rings. The molecule has 0 aromatic carbocycles. The molecule has 46 valence electrons. The molecule has 0 saturated carbocycles. The van der Waals surface area contributed by atoms with Crippen molar-refractivity contribution in [2.75, 3.05) is 0 Å². The van der Waals surface area contributed by atoms with Crippen LogP contribution < -0.4 is 0 Å². The smallest absolute Gasteiger partial charge is 0.221 e. The molecule has 2 heterocycles. The van der Waals surface area contributed by atoms with E-state index in [2.05, 4.69) is 5.10 Å². The third-order valence-corrected chi connectivity index (χ3v) is 1.21. The van der Waals surface area contributed by atoms with Crippen molar-refractivity contribution < 1.29 is 4.42 Å². The predicted molar refractivity (Wildman–Crippen MR) is 32.2 cm³/mol. The van der Waals surface area contributed by atoms with Crippen molar-refractivity contribution in [3.63, 3.8) is 0 Å². The first-order valence-corrected chi connectivity index (χ1v) is 2.76. The molecule has 0 amide bonds. The summed E-state index contributed by atoms with van der Waals surface area (Å²) in [4.78, 5) is 0. The number of fused-ring (bicyclic) bond motifs is 1. The maximum absolute atomic E-state index is 5.04. The number of rotatable bonds is 0. The Balaban J connectivity index is 2.92. The maximum Gasteiger partial charge on any atom is 0.221 e. The molecule has 3 heteroatoms. The number of aryl methyl sites for hydroxylation is 1. The molecule has 0 spiro atoms. The normalized spacial score (nSPS) is 10.8. The first kappa shape index (κ1) is 4.61. The van der Waals surface area contributed by atoms with Gasteiger partial charge in [-0.05, 0) is 6.92 Å². The molecule has 0 N–H and O–H groups in total. The molecule has 0 fully saturated rings. The minimum absolute atomic E-state index is 0.799. The monoisotopic (exact) mass is 122 g/mol. The van der Waals surface area contributed by atoms with Crippen LogP contribution in [0.5, 0.6) is 0 Å². The second-order valence-electron chi connectivity index (χ2n) is 1.97. The van der Waals surface area contributed by atoms with E-state index in [9.17, 15) is 0 Å². The predicted octanol–water partition coefficient (Wildman–Crippen LogP) is 1.24. The Morgan fingerprint density at radius 3 is 3.33 bits per heavy atom. The summed E-state index contributed by atoms with van der Waals surface area (Å²) in [6.45, 7) is 1.93. The van der Waals surface area contributed by atoms with E-state index in [1.165, 1.54) is 0 Å². The molecule has 0 aliphatic carbocycles. The number of nitrogens with zero attached hydrogens (tertiary/aromatic N) is 2. The van der Waals surface area contributed by atoms with Crippen molar-refractivity contribution in [2.24, 2.45) is 0 Å². The van der Waals surface area contributed by atoms with Crippen LogP contribution in [0, 0.1) is 6.92 Å². The summed E-state index contributed by atoms with van der Waals surface area (Å²) in [5.74, 6) is 0. The van der Waals surface area contributed by atoms with Gasteiger partial charge in [-0.3, -0.25) is 0 Å². The molecule has 0 unspecified atom stereocenters. The van der Waals surface area contributed by atoms with Gasteiger partial charge in [0.05, 0.1) is 11.9 Å². The van der Waals surface area contributed by atoms with E-state index in [0.717, 1.165) is 11.4 Å². The standard InChI is InChI=1S/C6H6N2O/c1-5-4-6-8(7-5)2-3-9-6/h2-4H,1H3. The van der Waals surface area contributed by atoms with E-state index in [1.54, 1.807) is 17.0 Å². The van der Waals surface area contributed by atoms with Gasteiger partial charge in [0, 0.05) is 6.07 Å². The van der Waals surface area contributed by atoms with Gasteiger partial charge in [-0.15, -0.1) is 0 Å². The zero-order chi connectivity index (χ0) is 6.27. The fourth-order valence-electron chi connectivity index (χ4n) is 0.846. The highest BCUT2D eigenvalue weighted by Crippen LogP contribution is 2.04. The van der Waals surface area contributed by atoms with Crippen LogP contribution in [-0.4, -0.2) is 9.61 Å². The van der Waals surface area contributed by atoms with Gasteiger partial charge in [-0.2, -0.15) is 5.10 Å². The topological polar surface area (TPSA) is 30.4 Å². The molecule has 2 rings (SSSR count). The van der Waals surface area contributed by atoms with E-state index >= 15 is 0 Å². The summed E-state index contributed by atoms with van der Waals surface area (Å²) in [7, 11) is 0. The third kappa shape index (κ3) is 0.543. The van der Waals surface area contributed by atoms with Gasteiger partial charge < -0.3 is 4.42 Å². The molecule has 3 nitrogen and oxygen atoms in total. The quantitative estimate of drug-likeness (QED) is 0.526. The summed E-state index contributed by atoms with van der Waals surface area (Å²) in [5, 5.41) is 4.10. The third-order valence-electron chi connectivity index (χ3n) is 1.21. The minimum Gasteiger partial charge on any atom is -0.445 e. The molecule has 0 bridgehead atoms. The Morgan fingerprint density at radius 1 is 1.67 bits per heavy atom. The van der Waals surface area contributed by atoms with Gasteiger partial charge in [-0.25, -0.2) is 4.52 Å². The zero-order valence-corrected chi connectivity index (χ0v) is 5.03. The molecule has 0 radical (unpaired) electrons. The minimum atomic E-state index is 0.799. The van der Waals surface area contributed by atoms with Crippen molar-refractivity contribution in [3.8, 4) is 0 Å². The van der Waals surface area contributed by atoms with Crippen LogP contribution >= 0.6 is 0 Å². The Morgan fingerprint density at radius 2 is 2.56 bits per heavy atom. The van der Waals surface area contributed by atoms with Crippen molar-refractivity contribution in [3.05, 3.63) is 24.2 Å². The van der Waals surface area contributed by atoms with E-state index in [4.69, 9.17) is 4.42 Å².